The lowest BCUT2D eigenvalue weighted by Gasteiger charge is -2.05. The van der Waals surface area contributed by atoms with Crippen LogP contribution in [0.15, 0.2) is 36.0 Å². The van der Waals surface area contributed by atoms with Gasteiger partial charge in [-0.1, -0.05) is 30.7 Å². The van der Waals surface area contributed by atoms with Gasteiger partial charge in [0, 0.05) is 5.69 Å². The fourth-order valence-corrected chi connectivity index (χ4v) is 2.23. The molecule has 0 fully saturated rings. The Morgan fingerprint density at radius 1 is 1.35 bits per heavy atom. The molecule has 0 bridgehead atoms. The molecule has 8 nitrogen and oxygen atoms in total. The Labute approximate surface area is 150 Å². The molecule has 0 aliphatic heterocycles. The molecule has 0 aliphatic rings. The van der Waals surface area contributed by atoms with Crippen LogP contribution in [-0.2, 0) is 22.6 Å². The number of hydrogen-bond donors (Lipinski definition) is 2. The Morgan fingerprint density at radius 2 is 2.08 bits per heavy atom. The summed E-state index contributed by atoms with van der Waals surface area (Å²) in [6.45, 7) is 1.78. The number of nitrogens with zero attached hydrogens (tertiary/aromatic N) is 4. The molecular formula is C18H19N5O3. The molecule has 0 atom stereocenters. The Kier molecular flexibility index (Phi) is 6.62. The van der Waals surface area contributed by atoms with Crippen molar-refractivity contribution in [1.29, 1.82) is 5.26 Å². The molecule has 0 saturated carbocycles. The molecule has 134 valence electrons. The van der Waals surface area contributed by atoms with Gasteiger partial charge in [-0.25, -0.2) is 4.68 Å². The van der Waals surface area contributed by atoms with Crippen LogP contribution in [-0.4, -0.2) is 32.0 Å². The van der Waals surface area contributed by atoms with E-state index >= 15 is 0 Å². The van der Waals surface area contributed by atoms with E-state index in [4.69, 9.17) is 5.11 Å². The third-order valence-corrected chi connectivity index (χ3v) is 3.54. The van der Waals surface area contributed by atoms with Crippen LogP contribution >= 0.6 is 0 Å². The van der Waals surface area contributed by atoms with Crippen molar-refractivity contribution in [2.45, 2.75) is 32.7 Å². The lowest BCUT2D eigenvalue weighted by atomic mass is 10.1. The summed E-state index contributed by atoms with van der Waals surface area (Å²) in [4.78, 5) is 22.9. The Balaban J connectivity index is 2.05. The van der Waals surface area contributed by atoms with Gasteiger partial charge in [0.1, 0.15) is 23.9 Å². The fourth-order valence-electron chi connectivity index (χ4n) is 2.23. The predicted molar refractivity (Wildman–Crippen MR) is 94.9 cm³/mol. The van der Waals surface area contributed by atoms with Gasteiger partial charge in [-0.15, -0.1) is 5.10 Å². The maximum Gasteiger partial charge on any atom is 0.325 e. The van der Waals surface area contributed by atoms with Gasteiger partial charge in [0.05, 0.1) is 6.20 Å². The van der Waals surface area contributed by atoms with Crippen LogP contribution in [0.2, 0.25) is 0 Å². The van der Waals surface area contributed by atoms with Crippen LogP contribution in [0.1, 0.15) is 31.0 Å². The molecule has 2 rings (SSSR count). The summed E-state index contributed by atoms with van der Waals surface area (Å²) in [6, 6.07) is 9.29. The van der Waals surface area contributed by atoms with Gasteiger partial charge in [-0.3, -0.25) is 9.59 Å². The number of hydrogen-bond acceptors (Lipinski definition) is 5. The first-order chi connectivity index (χ1) is 12.5. The van der Waals surface area contributed by atoms with Crippen molar-refractivity contribution in [1.82, 2.24) is 15.0 Å². The number of unbranched alkanes of at least 4 members (excludes halogenated alkanes) is 1. The SMILES string of the molecule is CCCCc1ccc(NC(=O)C(C#N)=Cc2cn(CC(=O)O)nn2)cc1. The van der Waals surface area contributed by atoms with Crippen LogP contribution in [0.25, 0.3) is 6.08 Å². The third-order valence-electron chi connectivity index (χ3n) is 3.54. The van der Waals surface area contributed by atoms with Crippen molar-refractivity contribution in [3.8, 4) is 6.07 Å². The number of anilines is 1. The van der Waals surface area contributed by atoms with Gasteiger partial charge >= 0.3 is 5.97 Å². The molecule has 8 heteroatoms. The van der Waals surface area contributed by atoms with E-state index in [-0.39, 0.29) is 17.8 Å². The normalized spacial score (nSPS) is 11.0. The number of aryl methyl sites for hydroxylation is 1. The molecule has 0 spiro atoms. The highest BCUT2D eigenvalue weighted by Gasteiger charge is 2.11. The summed E-state index contributed by atoms with van der Waals surface area (Å²) in [5.74, 6) is -1.63. The zero-order chi connectivity index (χ0) is 18.9. The second-order valence-corrected chi connectivity index (χ2v) is 5.66. The molecule has 0 aliphatic carbocycles. The van der Waals surface area contributed by atoms with E-state index in [0.717, 1.165) is 23.9 Å². The number of amides is 1. The molecule has 26 heavy (non-hydrogen) atoms. The van der Waals surface area contributed by atoms with Crippen molar-refractivity contribution in [2.24, 2.45) is 0 Å². The van der Waals surface area contributed by atoms with Crippen molar-refractivity contribution < 1.29 is 14.7 Å². The Morgan fingerprint density at radius 3 is 2.69 bits per heavy atom. The first-order valence-electron chi connectivity index (χ1n) is 8.16. The van der Waals surface area contributed by atoms with Gasteiger partial charge in [0.25, 0.3) is 5.91 Å². The number of rotatable bonds is 8. The molecule has 2 aromatic rings. The number of carboxylic acid groups (broad SMARTS) is 1. The zero-order valence-electron chi connectivity index (χ0n) is 14.3. The van der Waals surface area contributed by atoms with Crippen molar-refractivity contribution in [3.63, 3.8) is 0 Å². The Hall–Kier alpha value is -3.47. The van der Waals surface area contributed by atoms with E-state index in [1.807, 2.05) is 18.2 Å². The number of carboxylic acids is 1. The molecule has 1 aromatic heterocycles. The molecule has 1 aromatic carbocycles. The van der Waals surface area contributed by atoms with Crippen LogP contribution in [0.3, 0.4) is 0 Å². The summed E-state index contributed by atoms with van der Waals surface area (Å²) >= 11 is 0. The second-order valence-electron chi connectivity index (χ2n) is 5.66. The summed E-state index contributed by atoms with van der Waals surface area (Å²) in [7, 11) is 0. The van der Waals surface area contributed by atoms with Crippen LogP contribution in [0.5, 0.6) is 0 Å². The van der Waals surface area contributed by atoms with Crippen molar-refractivity contribution >= 4 is 23.6 Å². The van der Waals surface area contributed by atoms with Gasteiger partial charge in [-0.05, 0) is 36.6 Å². The zero-order valence-corrected chi connectivity index (χ0v) is 14.3. The Bertz CT molecular complexity index is 846. The van der Waals surface area contributed by atoms with E-state index in [1.165, 1.54) is 17.8 Å². The van der Waals surface area contributed by atoms with Gasteiger partial charge in [-0.2, -0.15) is 5.26 Å². The highest BCUT2D eigenvalue weighted by molar-refractivity contribution is 6.09. The number of aromatic nitrogens is 3. The van der Waals surface area contributed by atoms with Crippen molar-refractivity contribution in [3.05, 3.63) is 47.3 Å². The third kappa shape index (κ3) is 5.56. The van der Waals surface area contributed by atoms with Crippen molar-refractivity contribution in [2.75, 3.05) is 5.32 Å². The number of aliphatic carboxylic acids is 1. The first kappa shape index (κ1) is 18.9. The number of carbonyl (C=O) groups is 2. The number of nitriles is 1. The minimum atomic E-state index is -1.06. The molecular weight excluding hydrogens is 334 g/mol. The second kappa shape index (κ2) is 9.13. The maximum atomic E-state index is 12.2. The highest BCUT2D eigenvalue weighted by Crippen LogP contribution is 2.13. The lowest BCUT2D eigenvalue weighted by Crippen LogP contribution is -2.13. The minimum Gasteiger partial charge on any atom is -0.480 e. The van der Waals surface area contributed by atoms with Gasteiger partial charge in [0.15, 0.2) is 0 Å². The summed E-state index contributed by atoms with van der Waals surface area (Å²) in [6.07, 6.45) is 5.82. The van der Waals surface area contributed by atoms with Crippen LogP contribution in [0.4, 0.5) is 5.69 Å². The minimum absolute atomic E-state index is 0.151. The van der Waals surface area contributed by atoms with Gasteiger partial charge in [0.2, 0.25) is 0 Å². The lowest BCUT2D eigenvalue weighted by molar-refractivity contribution is -0.137. The summed E-state index contributed by atoms with van der Waals surface area (Å²) in [5, 5.41) is 27.9. The topological polar surface area (TPSA) is 121 Å². The smallest absolute Gasteiger partial charge is 0.325 e. The molecule has 0 saturated heterocycles. The van der Waals surface area contributed by atoms with E-state index in [9.17, 15) is 14.9 Å². The summed E-state index contributed by atoms with van der Waals surface area (Å²) < 4.78 is 1.11. The predicted octanol–water partition coefficient (Wildman–Crippen LogP) is 2.25. The fraction of sp³-hybridized carbons (Fsp3) is 0.278. The quantitative estimate of drug-likeness (QED) is 0.554. The molecule has 1 heterocycles. The molecule has 0 unspecified atom stereocenters. The summed E-state index contributed by atoms with van der Waals surface area (Å²) in [5.41, 5.74) is 1.86. The van der Waals surface area contributed by atoms with E-state index in [0.29, 0.717) is 5.69 Å². The first-order valence-corrected chi connectivity index (χ1v) is 8.16. The van der Waals surface area contributed by atoms with Crippen LogP contribution < -0.4 is 5.32 Å². The molecule has 1 amide bonds. The van der Waals surface area contributed by atoms with Gasteiger partial charge < -0.3 is 10.4 Å². The standard InChI is InChI=1S/C18H19N5O3/c1-2-3-4-13-5-7-15(8-6-13)20-18(26)14(10-19)9-16-11-23(22-21-16)12-17(24)25/h5-9,11H,2-4,12H2,1H3,(H,20,26)(H,24,25). The molecule has 2 N–H and O–H groups in total. The average molecular weight is 353 g/mol. The number of benzene rings is 1. The monoisotopic (exact) mass is 353 g/mol. The van der Waals surface area contributed by atoms with E-state index in [1.54, 1.807) is 12.1 Å². The largest absolute Gasteiger partial charge is 0.480 e. The van der Waals surface area contributed by atoms with E-state index in [2.05, 4.69) is 22.6 Å². The van der Waals surface area contributed by atoms with Crippen LogP contribution in [0, 0.1) is 11.3 Å². The molecule has 0 radical (unpaired) electrons. The highest BCUT2D eigenvalue weighted by atomic mass is 16.4. The van der Waals surface area contributed by atoms with E-state index < -0.39 is 11.9 Å². The number of nitrogens with one attached hydrogen (secondary N) is 1. The average Bonchev–Trinajstić information content (AvgIpc) is 3.05. The maximum absolute atomic E-state index is 12.2. The number of carbonyl (C=O) groups excluding carboxylic acids is 1.